The van der Waals surface area contributed by atoms with Crippen molar-refractivity contribution in [3.8, 4) is 22.8 Å². The van der Waals surface area contributed by atoms with E-state index in [4.69, 9.17) is 26.1 Å². The summed E-state index contributed by atoms with van der Waals surface area (Å²) in [5.41, 5.74) is 0.628. The molecule has 2 heterocycles. The lowest BCUT2D eigenvalue weighted by molar-refractivity contribution is -0.384. The minimum Gasteiger partial charge on any atom is -0.496 e. The second-order valence-electron chi connectivity index (χ2n) is 7.23. The van der Waals surface area contributed by atoms with Crippen LogP contribution in [0.2, 0.25) is 0 Å². The molecule has 0 aliphatic carbocycles. The number of methoxy groups -OCH3 is 1. The second kappa shape index (κ2) is 9.77. The number of amides is 2. The largest absolute Gasteiger partial charge is 0.496 e. The number of nitrogens with one attached hydrogen (secondary N) is 1. The fraction of sp³-hybridized carbons (Fsp3) is 0.125. The third kappa shape index (κ3) is 4.75. The number of carbonyl (C=O) groups excluding carboxylic acids is 2. The number of rotatable bonds is 7. The van der Waals surface area contributed by atoms with Crippen LogP contribution in [0, 0.1) is 10.1 Å². The summed E-state index contributed by atoms with van der Waals surface area (Å²) < 4.78 is 16.5. The van der Waals surface area contributed by atoms with Crippen molar-refractivity contribution < 1.29 is 28.4 Å². The van der Waals surface area contributed by atoms with Gasteiger partial charge in [0.1, 0.15) is 28.6 Å². The molecule has 0 unspecified atom stereocenters. The van der Waals surface area contributed by atoms with Crippen LogP contribution in [0.1, 0.15) is 12.7 Å². The summed E-state index contributed by atoms with van der Waals surface area (Å²) in [4.78, 5) is 37.5. The fourth-order valence-corrected chi connectivity index (χ4v) is 3.75. The van der Waals surface area contributed by atoms with Crippen molar-refractivity contribution in [1.29, 1.82) is 0 Å². The third-order valence-electron chi connectivity index (χ3n) is 5.08. The molecule has 0 atom stereocenters. The quantitative estimate of drug-likeness (QED) is 0.172. The summed E-state index contributed by atoms with van der Waals surface area (Å²) in [6.45, 7) is 2.36. The van der Waals surface area contributed by atoms with Crippen LogP contribution in [0.15, 0.2) is 64.6 Å². The topological polar surface area (TPSA) is 124 Å². The summed E-state index contributed by atoms with van der Waals surface area (Å²) in [6, 6.07) is 14.0. The number of carbonyl (C=O) groups is 2. The van der Waals surface area contributed by atoms with E-state index >= 15 is 0 Å². The Kier molecular flexibility index (Phi) is 6.60. The van der Waals surface area contributed by atoms with E-state index in [1.54, 1.807) is 36.4 Å². The zero-order valence-electron chi connectivity index (χ0n) is 18.6. The van der Waals surface area contributed by atoms with Gasteiger partial charge in [-0.05, 0) is 67.7 Å². The van der Waals surface area contributed by atoms with Crippen LogP contribution < -0.4 is 19.7 Å². The van der Waals surface area contributed by atoms with Crippen molar-refractivity contribution in [1.82, 2.24) is 5.32 Å². The van der Waals surface area contributed by atoms with Crippen molar-refractivity contribution in [3.63, 3.8) is 0 Å². The minimum absolute atomic E-state index is 0.0444. The molecule has 178 valence electrons. The average molecular weight is 493 g/mol. The van der Waals surface area contributed by atoms with E-state index in [-0.39, 0.29) is 27.9 Å². The number of anilines is 1. The van der Waals surface area contributed by atoms with Gasteiger partial charge in [0.05, 0.1) is 36.0 Å². The Labute approximate surface area is 204 Å². The lowest BCUT2D eigenvalue weighted by Crippen LogP contribution is -2.54. The number of thiocarbonyl (C=S) groups is 1. The van der Waals surface area contributed by atoms with Gasteiger partial charge in [-0.15, -0.1) is 0 Å². The third-order valence-corrected chi connectivity index (χ3v) is 5.37. The summed E-state index contributed by atoms with van der Waals surface area (Å²) in [5.74, 6) is 0.161. The molecule has 1 aliphatic heterocycles. The van der Waals surface area contributed by atoms with Gasteiger partial charge in [0.15, 0.2) is 5.11 Å². The predicted molar refractivity (Wildman–Crippen MR) is 131 cm³/mol. The van der Waals surface area contributed by atoms with Gasteiger partial charge >= 0.3 is 0 Å². The normalized spacial score (nSPS) is 14.7. The smallest absolute Gasteiger partial charge is 0.273 e. The Balaban J connectivity index is 1.64. The first-order chi connectivity index (χ1) is 16.8. The number of hydrogen-bond acceptors (Lipinski definition) is 8. The van der Waals surface area contributed by atoms with Crippen LogP contribution in [0.25, 0.3) is 17.4 Å². The molecule has 1 aliphatic rings. The molecule has 0 bridgehead atoms. The van der Waals surface area contributed by atoms with E-state index in [2.05, 4.69) is 5.32 Å². The van der Waals surface area contributed by atoms with Gasteiger partial charge in [0.25, 0.3) is 17.5 Å². The highest BCUT2D eigenvalue weighted by molar-refractivity contribution is 7.80. The van der Waals surface area contributed by atoms with Crippen molar-refractivity contribution in [3.05, 3.63) is 76.0 Å². The molecule has 2 aromatic carbocycles. The molecular weight excluding hydrogens is 474 g/mol. The van der Waals surface area contributed by atoms with Gasteiger partial charge in [0, 0.05) is 6.07 Å². The van der Waals surface area contributed by atoms with E-state index in [0.717, 1.165) is 0 Å². The van der Waals surface area contributed by atoms with Gasteiger partial charge in [-0.1, -0.05) is 0 Å². The second-order valence-corrected chi connectivity index (χ2v) is 7.62. The minimum atomic E-state index is -0.659. The van der Waals surface area contributed by atoms with E-state index < -0.39 is 16.7 Å². The molecule has 2 amide bonds. The molecule has 11 heteroatoms. The van der Waals surface area contributed by atoms with E-state index in [1.165, 1.54) is 36.3 Å². The molecule has 0 saturated carbocycles. The first-order valence-corrected chi connectivity index (χ1v) is 10.8. The van der Waals surface area contributed by atoms with E-state index in [9.17, 15) is 19.7 Å². The Morgan fingerprint density at radius 1 is 1.14 bits per heavy atom. The molecule has 1 saturated heterocycles. The van der Waals surface area contributed by atoms with Crippen LogP contribution >= 0.6 is 12.2 Å². The number of benzene rings is 2. The molecule has 10 nitrogen and oxygen atoms in total. The molecule has 0 radical (unpaired) electrons. The predicted octanol–water partition coefficient (Wildman–Crippen LogP) is 4.09. The van der Waals surface area contributed by atoms with E-state index in [1.807, 2.05) is 6.92 Å². The standard InChI is InChI=1S/C24H19N3O7S/c1-3-33-16-7-4-14(5-8-16)26-23(29)19(22(28)25-24(26)35)13-17-9-11-20(34-17)18-10-6-15(27(30)31)12-21(18)32-2/h4-13H,3H2,1-2H3,(H,25,28,35). The number of nitro benzene ring substituents is 1. The Morgan fingerprint density at radius 2 is 1.89 bits per heavy atom. The van der Waals surface area contributed by atoms with Crippen LogP contribution in [-0.4, -0.2) is 35.6 Å². The highest BCUT2D eigenvalue weighted by atomic mass is 32.1. The Hall–Kier alpha value is -4.51. The first-order valence-electron chi connectivity index (χ1n) is 10.4. The number of furan rings is 1. The first kappa shape index (κ1) is 23.6. The van der Waals surface area contributed by atoms with Gasteiger partial charge in [-0.3, -0.25) is 29.9 Å². The maximum atomic E-state index is 13.2. The Morgan fingerprint density at radius 3 is 2.54 bits per heavy atom. The Bertz CT molecular complexity index is 1360. The molecular formula is C24H19N3O7S. The average Bonchev–Trinajstić information content (AvgIpc) is 3.31. The summed E-state index contributed by atoms with van der Waals surface area (Å²) in [7, 11) is 1.39. The molecule has 1 aromatic heterocycles. The molecule has 1 fully saturated rings. The molecule has 0 spiro atoms. The molecule has 1 N–H and O–H groups in total. The molecule has 35 heavy (non-hydrogen) atoms. The van der Waals surface area contributed by atoms with Gasteiger partial charge < -0.3 is 13.9 Å². The van der Waals surface area contributed by atoms with Gasteiger partial charge in [-0.25, -0.2) is 0 Å². The number of nitrogens with zero attached hydrogens (tertiary/aromatic N) is 2. The van der Waals surface area contributed by atoms with Crippen LogP contribution in [-0.2, 0) is 9.59 Å². The van der Waals surface area contributed by atoms with Crippen LogP contribution in [0.4, 0.5) is 11.4 Å². The summed E-state index contributed by atoms with van der Waals surface area (Å²) in [6.07, 6.45) is 1.31. The highest BCUT2D eigenvalue weighted by Crippen LogP contribution is 2.35. The number of non-ortho nitro benzene ring substituents is 1. The van der Waals surface area contributed by atoms with Crippen molar-refractivity contribution >= 4 is 46.6 Å². The monoisotopic (exact) mass is 493 g/mol. The van der Waals surface area contributed by atoms with Crippen LogP contribution in [0.3, 0.4) is 0 Å². The maximum absolute atomic E-state index is 13.2. The fourth-order valence-electron chi connectivity index (χ4n) is 3.46. The lowest BCUT2D eigenvalue weighted by Gasteiger charge is -2.28. The maximum Gasteiger partial charge on any atom is 0.273 e. The molecule has 4 rings (SSSR count). The SMILES string of the molecule is CCOc1ccc(N2C(=O)C(=Cc3ccc(-c4ccc([N+](=O)[O-])cc4OC)o3)C(=O)NC2=S)cc1. The lowest BCUT2D eigenvalue weighted by atomic mass is 10.1. The zero-order valence-corrected chi connectivity index (χ0v) is 19.5. The number of nitro groups is 1. The van der Waals surface area contributed by atoms with Crippen molar-refractivity contribution in [2.75, 3.05) is 18.6 Å². The summed E-state index contributed by atoms with van der Waals surface area (Å²) in [5, 5.41) is 13.5. The highest BCUT2D eigenvalue weighted by Gasteiger charge is 2.34. The van der Waals surface area contributed by atoms with Crippen LogP contribution in [0.5, 0.6) is 11.5 Å². The number of hydrogen-bond donors (Lipinski definition) is 1. The van der Waals surface area contributed by atoms with Gasteiger partial charge in [-0.2, -0.15) is 0 Å². The van der Waals surface area contributed by atoms with E-state index in [0.29, 0.717) is 29.4 Å². The number of ether oxygens (including phenoxy) is 2. The molecule has 3 aromatic rings. The van der Waals surface area contributed by atoms with Crippen molar-refractivity contribution in [2.24, 2.45) is 0 Å². The summed E-state index contributed by atoms with van der Waals surface area (Å²) >= 11 is 5.22. The van der Waals surface area contributed by atoms with Gasteiger partial charge in [0.2, 0.25) is 0 Å². The zero-order chi connectivity index (χ0) is 25.1. The van der Waals surface area contributed by atoms with Crippen molar-refractivity contribution in [2.45, 2.75) is 6.92 Å².